The quantitative estimate of drug-likeness (QED) is 0.676. The largest absolute Gasteiger partial charge is 0.490 e. The molecule has 0 saturated carbocycles. The van der Waals surface area contributed by atoms with E-state index in [1.807, 2.05) is 45.9 Å². The van der Waals surface area contributed by atoms with E-state index in [2.05, 4.69) is 10.4 Å². The van der Waals surface area contributed by atoms with Crippen LogP contribution in [0.25, 0.3) is 0 Å². The van der Waals surface area contributed by atoms with Gasteiger partial charge in [0.05, 0.1) is 19.3 Å². The van der Waals surface area contributed by atoms with Crippen LogP contribution in [0.15, 0.2) is 35.1 Å². The summed E-state index contributed by atoms with van der Waals surface area (Å²) in [5, 5.41) is 7.11. The van der Waals surface area contributed by atoms with Gasteiger partial charge in [-0.3, -0.25) is 9.59 Å². The van der Waals surface area contributed by atoms with Crippen LogP contribution in [0.3, 0.4) is 0 Å². The molecule has 1 aromatic carbocycles. The monoisotopic (exact) mass is 387 g/mol. The zero-order valence-corrected chi connectivity index (χ0v) is 17.0. The molecule has 2 rings (SSSR count). The van der Waals surface area contributed by atoms with Crippen LogP contribution in [0.1, 0.15) is 62.6 Å². The second-order valence-electron chi connectivity index (χ2n) is 6.40. The Morgan fingerprint density at radius 1 is 1.11 bits per heavy atom. The lowest BCUT2D eigenvalue weighted by atomic mass is 10.1. The Morgan fingerprint density at radius 3 is 2.50 bits per heavy atom. The number of nitrogens with one attached hydrogen (secondary N) is 1. The summed E-state index contributed by atoms with van der Waals surface area (Å²) < 4.78 is 12.6. The molecule has 0 fully saturated rings. The molecule has 1 aromatic heterocycles. The normalized spacial score (nSPS) is 11.7. The van der Waals surface area contributed by atoms with Gasteiger partial charge in [0.25, 0.3) is 11.5 Å². The van der Waals surface area contributed by atoms with E-state index in [4.69, 9.17) is 9.47 Å². The van der Waals surface area contributed by atoms with Crippen LogP contribution >= 0.6 is 0 Å². The van der Waals surface area contributed by atoms with Crippen LogP contribution in [-0.4, -0.2) is 28.9 Å². The van der Waals surface area contributed by atoms with Gasteiger partial charge in [0.1, 0.15) is 5.69 Å². The summed E-state index contributed by atoms with van der Waals surface area (Å²) in [6, 6.07) is 8.18. The smallest absolute Gasteiger partial charge is 0.272 e. The Kier molecular flexibility index (Phi) is 8.04. The van der Waals surface area contributed by atoms with Gasteiger partial charge in [0, 0.05) is 12.6 Å². The number of nitrogens with zero attached hydrogens (tertiary/aromatic N) is 2. The van der Waals surface area contributed by atoms with Crippen molar-refractivity contribution in [1.29, 1.82) is 0 Å². The summed E-state index contributed by atoms with van der Waals surface area (Å²) in [7, 11) is 0. The van der Waals surface area contributed by atoms with Gasteiger partial charge in [0.2, 0.25) is 0 Å². The van der Waals surface area contributed by atoms with E-state index in [9.17, 15) is 9.59 Å². The predicted octanol–water partition coefficient (Wildman–Crippen LogP) is 3.33. The minimum atomic E-state index is -0.329. The van der Waals surface area contributed by atoms with E-state index in [0.717, 1.165) is 18.4 Å². The first-order valence-electron chi connectivity index (χ1n) is 9.78. The molecule has 1 atom stereocenters. The minimum absolute atomic E-state index is 0.203. The van der Waals surface area contributed by atoms with Crippen molar-refractivity contribution < 1.29 is 14.3 Å². The topological polar surface area (TPSA) is 82.5 Å². The SMILES string of the molecule is CCCCn1nc(C(=O)NC(C)c2ccc(OCC)c(OCC)c2)ccc1=O. The average Bonchev–Trinajstić information content (AvgIpc) is 2.68. The Morgan fingerprint density at radius 2 is 1.82 bits per heavy atom. The van der Waals surface area contributed by atoms with Gasteiger partial charge >= 0.3 is 0 Å². The van der Waals surface area contributed by atoms with E-state index in [-0.39, 0.29) is 23.2 Å². The highest BCUT2D eigenvalue weighted by molar-refractivity contribution is 5.92. The fourth-order valence-corrected chi connectivity index (χ4v) is 2.73. The molecule has 0 saturated heterocycles. The Balaban J connectivity index is 2.15. The first-order valence-corrected chi connectivity index (χ1v) is 9.78. The Bertz CT molecular complexity index is 848. The highest BCUT2D eigenvalue weighted by Crippen LogP contribution is 2.30. The molecule has 0 spiro atoms. The number of aryl methyl sites for hydroxylation is 1. The molecule has 1 heterocycles. The molecule has 0 bridgehead atoms. The highest BCUT2D eigenvalue weighted by atomic mass is 16.5. The molecule has 28 heavy (non-hydrogen) atoms. The maximum absolute atomic E-state index is 12.6. The summed E-state index contributed by atoms with van der Waals surface area (Å²) in [5.74, 6) is 0.995. The van der Waals surface area contributed by atoms with Crippen molar-refractivity contribution in [1.82, 2.24) is 15.1 Å². The lowest BCUT2D eigenvalue weighted by molar-refractivity contribution is 0.0932. The molecule has 1 N–H and O–H groups in total. The fourth-order valence-electron chi connectivity index (χ4n) is 2.73. The Labute approximate surface area is 165 Å². The number of carbonyl (C=O) groups is 1. The van der Waals surface area contributed by atoms with Crippen molar-refractivity contribution in [2.24, 2.45) is 0 Å². The van der Waals surface area contributed by atoms with Gasteiger partial charge in [-0.1, -0.05) is 19.4 Å². The van der Waals surface area contributed by atoms with Crippen LogP contribution in [0.4, 0.5) is 0 Å². The number of benzene rings is 1. The fraction of sp³-hybridized carbons (Fsp3) is 0.476. The molecule has 1 unspecified atom stereocenters. The van der Waals surface area contributed by atoms with E-state index in [1.54, 1.807) is 0 Å². The summed E-state index contributed by atoms with van der Waals surface area (Å²) in [6.07, 6.45) is 1.78. The van der Waals surface area contributed by atoms with Crippen molar-refractivity contribution in [2.45, 2.75) is 53.1 Å². The highest BCUT2D eigenvalue weighted by Gasteiger charge is 2.16. The summed E-state index contributed by atoms with van der Waals surface area (Å²) in [6.45, 7) is 9.32. The molecule has 0 aliphatic heterocycles. The van der Waals surface area contributed by atoms with Gasteiger partial charge in [0.15, 0.2) is 11.5 Å². The van der Waals surface area contributed by atoms with E-state index < -0.39 is 0 Å². The maximum atomic E-state index is 12.6. The van der Waals surface area contributed by atoms with Gasteiger partial charge in [-0.15, -0.1) is 0 Å². The van der Waals surface area contributed by atoms with Crippen LogP contribution in [0.2, 0.25) is 0 Å². The lowest BCUT2D eigenvalue weighted by Crippen LogP contribution is -2.31. The van der Waals surface area contributed by atoms with Crippen LogP contribution < -0.4 is 20.3 Å². The second kappa shape index (κ2) is 10.5. The molecule has 7 nitrogen and oxygen atoms in total. The standard InChI is InChI=1S/C21H29N3O4/c1-5-8-13-24-20(25)12-10-17(23-24)21(26)22-15(4)16-9-11-18(27-6-2)19(14-16)28-7-3/h9-12,14-15H,5-8,13H2,1-4H3,(H,22,26). The number of ether oxygens (including phenoxy) is 2. The molecule has 0 aliphatic carbocycles. The third kappa shape index (κ3) is 5.58. The summed E-state index contributed by atoms with van der Waals surface area (Å²) >= 11 is 0. The second-order valence-corrected chi connectivity index (χ2v) is 6.40. The molecular formula is C21H29N3O4. The Hall–Kier alpha value is -2.83. The van der Waals surface area contributed by atoms with Crippen molar-refractivity contribution in [3.8, 4) is 11.5 Å². The van der Waals surface area contributed by atoms with Crippen molar-refractivity contribution >= 4 is 5.91 Å². The van der Waals surface area contributed by atoms with Gasteiger partial charge in [-0.2, -0.15) is 5.10 Å². The number of hydrogen-bond acceptors (Lipinski definition) is 5. The first-order chi connectivity index (χ1) is 13.5. The summed E-state index contributed by atoms with van der Waals surface area (Å²) in [5.41, 5.74) is 0.906. The number of unbranched alkanes of at least 4 members (excludes halogenated alkanes) is 1. The zero-order valence-electron chi connectivity index (χ0n) is 17.0. The van der Waals surface area contributed by atoms with Crippen molar-refractivity contribution in [2.75, 3.05) is 13.2 Å². The van der Waals surface area contributed by atoms with Gasteiger partial charge < -0.3 is 14.8 Å². The number of rotatable bonds is 10. The molecule has 0 radical (unpaired) electrons. The number of amides is 1. The van der Waals surface area contributed by atoms with Crippen molar-refractivity contribution in [3.05, 3.63) is 51.9 Å². The van der Waals surface area contributed by atoms with E-state index in [1.165, 1.54) is 16.8 Å². The van der Waals surface area contributed by atoms with E-state index in [0.29, 0.717) is 31.3 Å². The molecule has 2 aromatic rings. The minimum Gasteiger partial charge on any atom is -0.490 e. The molecule has 0 aliphatic rings. The number of aromatic nitrogens is 2. The average molecular weight is 387 g/mol. The lowest BCUT2D eigenvalue weighted by Gasteiger charge is -2.17. The van der Waals surface area contributed by atoms with Crippen molar-refractivity contribution in [3.63, 3.8) is 0 Å². The third-order valence-corrected chi connectivity index (χ3v) is 4.24. The molecule has 152 valence electrons. The van der Waals surface area contributed by atoms with E-state index >= 15 is 0 Å². The van der Waals surface area contributed by atoms with Crippen LogP contribution in [0, 0.1) is 0 Å². The number of hydrogen-bond donors (Lipinski definition) is 1. The third-order valence-electron chi connectivity index (χ3n) is 4.24. The summed E-state index contributed by atoms with van der Waals surface area (Å²) in [4.78, 5) is 24.5. The predicted molar refractivity (Wildman–Crippen MR) is 108 cm³/mol. The van der Waals surface area contributed by atoms with Gasteiger partial charge in [-0.05, 0) is 51.0 Å². The zero-order chi connectivity index (χ0) is 20.5. The molecule has 7 heteroatoms. The van der Waals surface area contributed by atoms with Crippen LogP contribution in [0.5, 0.6) is 11.5 Å². The maximum Gasteiger partial charge on any atom is 0.272 e. The van der Waals surface area contributed by atoms with Gasteiger partial charge in [-0.25, -0.2) is 4.68 Å². The van der Waals surface area contributed by atoms with Crippen LogP contribution in [-0.2, 0) is 6.54 Å². The number of carbonyl (C=O) groups excluding carboxylic acids is 1. The molecule has 1 amide bonds. The molecular weight excluding hydrogens is 358 g/mol. The first kappa shape index (κ1) is 21.5.